The van der Waals surface area contributed by atoms with Gasteiger partial charge in [-0.1, -0.05) is 15.9 Å². The predicted octanol–water partition coefficient (Wildman–Crippen LogP) is 3.15. The number of amides is 1. The third kappa shape index (κ3) is 4.26. The molecule has 6 heteroatoms. The van der Waals surface area contributed by atoms with Crippen LogP contribution < -0.4 is 5.32 Å². The molecule has 0 radical (unpaired) electrons. The number of benzene rings is 1. The van der Waals surface area contributed by atoms with E-state index < -0.39 is 0 Å². The van der Waals surface area contributed by atoms with Crippen LogP contribution in [-0.4, -0.2) is 43.7 Å². The van der Waals surface area contributed by atoms with E-state index in [1.165, 1.54) is 0 Å². The molecule has 1 aliphatic rings. The van der Waals surface area contributed by atoms with Crippen molar-refractivity contribution in [2.24, 2.45) is 0 Å². The second-order valence-electron chi connectivity index (χ2n) is 5.83. The first-order valence-corrected chi connectivity index (χ1v) is 8.84. The monoisotopic (exact) mass is 392 g/mol. The molecule has 1 aromatic heterocycles. The van der Waals surface area contributed by atoms with Crippen LogP contribution in [0.4, 0.5) is 0 Å². The van der Waals surface area contributed by atoms with E-state index in [4.69, 9.17) is 9.15 Å². The van der Waals surface area contributed by atoms with Crippen LogP contribution in [0.3, 0.4) is 0 Å². The van der Waals surface area contributed by atoms with Crippen LogP contribution in [0.1, 0.15) is 27.9 Å². The highest BCUT2D eigenvalue weighted by atomic mass is 79.9. The molecule has 1 saturated heterocycles. The van der Waals surface area contributed by atoms with Crippen LogP contribution in [0, 0.1) is 6.92 Å². The predicted molar refractivity (Wildman–Crippen MR) is 95.1 cm³/mol. The van der Waals surface area contributed by atoms with E-state index in [-0.39, 0.29) is 11.9 Å². The molecule has 5 nitrogen and oxygen atoms in total. The van der Waals surface area contributed by atoms with Gasteiger partial charge in [0.25, 0.3) is 5.91 Å². The minimum absolute atomic E-state index is 0.0157. The number of carbonyl (C=O) groups excluding carboxylic acids is 1. The molecule has 128 valence electrons. The van der Waals surface area contributed by atoms with Crippen molar-refractivity contribution in [2.45, 2.75) is 13.0 Å². The fourth-order valence-corrected chi connectivity index (χ4v) is 3.09. The van der Waals surface area contributed by atoms with Crippen molar-refractivity contribution >= 4 is 21.8 Å². The Kier molecular flexibility index (Phi) is 5.71. The van der Waals surface area contributed by atoms with Crippen molar-refractivity contribution in [1.29, 1.82) is 0 Å². The van der Waals surface area contributed by atoms with Gasteiger partial charge in [0.2, 0.25) is 0 Å². The molecule has 24 heavy (non-hydrogen) atoms. The van der Waals surface area contributed by atoms with Crippen LogP contribution >= 0.6 is 15.9 Å². The summed E-state index contributed by atoms with van der Waals surface area (Å²) in [6.07, 6.45) is 0. The fourth-order valence-electron chi connectivity index (χ4n) is 2.82. The first kappa shape index (κ1) is 17.2. The molecular weight excluding hydrogens is 372 g/mol. The number of hydrogen-bond acceptors (Lipinski definition) is 4. The van der Waals surface area contributed by atoms with Gasteiger partial charge in [-0.05, 0) is 43.3 Å². The molecule has 0 saturated carbocycles. The Morgan fingerprint density at radius 3 is 2.54 bits per heavy atom. The molecule has 0 bridgehead atoms. The van der Waals surface area contributed by atoms with Crippen molar-refractivity contribution in [1.82, 2.24) is 10.2 Å². The average molecular weight is 393 g/mol. The molecule has 1 fully saturated rings. The molecule has 1 aromatic carbocycles. The highest BCUT2D eigenvalue weighted by molar-refractivity contribution is 9.10. The lowest BCUT2D eigenvalue weighted by molar-refractivity contribution is 0.0117. The van der Waals surface area contributed by atoms with E-state index in [1.807, 2.05) is 31.2 Å². The Morgan fingerprint density at radius 2 is 1.92 bits per heavy atom. The highest BCUT2D eigenvalue weighted by Crippen LogP contribution is 2.23. The minimum atomic E-state index is -0.0796. The van der Waals surface area contributed by atoms with Gasteiger partial charge >= 0.3 is 0 Å². The van der Waals surface area contributed by atoms with E-state index >= 15 is 0 Å². The van der Waals surface area contributed by atoms with Gasteiger partial charge in [0.1, 0.15) is 11.5 Å². The summed E-state index contributed by atoms with van der Waals surface area (Å²) >= 11 is 3.38. The maximum Gasteiger partial charge on any atom is 0.251 e. The second-order valence-corrected chi connectivity index (χ2v) is 6.75. The summed E-state index contributed by atoms with van der Waals surface area (Å²) in [5.41, 5.74) is 0.648. The summed E-state index contributed by atoms with van der Waals surface area (Å²) in [5, 5.41) is 3.03. The van der Waals surface area contributed by atoms with Crippen molar-refractivity contribution in [3.63, 3.8) is 0 Å². The number of aryl methyl sites for hydroxylation is 1. The Morgan fingerprint density at radius 1 is 1.21 bits per heavy atom. The van der Waals surface area contributed by atoms with E-state index in [2.05, 4.69) is 26.1 Å². The third-order valence-corrected chi connectivity index (χ3v) is 4.67. The molecule has 2 aromatic rings. The topological polar surface area (TPSA) is 54.7 Å². The van der Waals surface area contributed by atoms with Crippen LogP contribution in [0.25, 0.3) is 0 Å². The van der Waals surface area contributed by atoms with Gasteiger partial charge in [-0.3, -0.25) is 9.69 Å². The quantitative estimate of drug-likeness (QED) is 0.848. The van der Waals surface area contributed by atoms with E-state index in [0.29, 0.717) is 25.3 Å². The summed E-state index contributed by atoms with van der Waals surface area (Å²) in [4.78, 5) is 14.7. The maximum absolute atomic E-state index is 12.4. The van der Waals surface area contributed by atoms with Crippen LogP contribution in [0.2, 0.25) is 0 Å². The Balaban J connectivity index is 1.69. The van der Waals surface area contributed by atoms with Gasteiger partial charge < -0.3 is 14.5 Å². The lowest BCUT2D eigenvalue weighted by atomic mass is 10.1. The molecule has 3 rings (SSSR count). The first-order valence-electron chi connectivity index (χ1n) is 8.05. The van der Waals surface area contributed by atoms with Gasteiger partial charge in [0, 0.05) is 29.7 Å². The number of furan rings is 1. The molecule has 1 atom stereocenters. The van der Waals surface area contributed by atoms with Gasteiger partial charge in [0.15, 0.2) is 0 Å². The third-order valence-electron chi connectivity index (χ3n) is 4.14. The van der Waals surface area contributed by atoms with Gasteiger partial charge in [-0.25, -0.2) is 0 Å². The van der Waals surface area contributed by atoms with Gasteiger partial charge in [-0.2, -0.15) is 0 Å². The van der Waals surface area contributed by atoms with E-state index in [0.717, 1.165) is 29.1 Å². The van der Waals surface area contributed by atoms with E-state index in [9.17, 15) is 4.79 Å². The lowest BCUT2D eigenvalue weighted by Crippen LogP contribution is -2.43. The zero-order chi connectivity index (χ0) is 16.9. The summed E-state index contributed by atoms with van der Waals surface area (Å²) in [7, 11) is 0. The van der Waals surface area contributed by atoms with Crippen LogP contribution in [0.5, 0.6) is 0 Å². The standard InChI is InChI=1S/C18H21BrN2O3/c1-13-2-7-17(24-13)16(21-8-10-23-11-9-21)12-20-18(22)14-3-5-15(19)6-4-14/h2-7,16H,8-12H2,1H3,(H,20,22)/t16-/m1/s1. The maximum atomic E-state index is 12.4. The molecule has 0 spiro atoms. The minimum Gasteiger partial charge on any atom is -0.465 e. The fraction of sp³-hybridized carbons (Fsp3) is 0.389. The Bertz CT molecular complexity index is 678. The molecule has 1 N–H and O–H groups in total. The number of hydrogen-bond donors (Lipinski definition) is 1. The zero-order valence-corrected chi connectivity index (χ0v) is 15.2. The molecule has 2 heterocycles. The zero-order valence-electron chi connectivity index (χ0n) is 13.6. The smallest absolute Gasteiger partial charge is 0.251 e. The largest absolute Gasteiger partial charge is 0.465 e. The first-order chi connectivity index (χ1) is 11.6. The second kappa shape index (κ2) is 7.96. The number of rotatable bonds is 5. The van der Waals surface area contributed by atoms with Crippen molar-refractivity contribution in [3.05, 3.63) is 58.0 Å². The van der Waals surface area contributed by atoms with Crippen molar-refractivity contribution in [3.8, 4) is 0 Å². The Hall–Kier alpha value is -1.63. The summed E-state index contributed by atoms with van der Waals surface area (Å²) in [5.74, 6) is 1.68. The highest BCUT2D eigenvalue weighted by Gasteiger charge is 2.25. The summed E-state index contributed by atoms with van der Waals surface area (Å²) in [6.45, 7) is 5.51. The Labute approximate surface area is 150 Å². The molecule has 1 aliphatic heterocycles. The number of nitrogens with zero attached hydrogens (tertiary/aromatic N) is 1. The van der Waals surface area contributed by atoms with Gasteiger partial charge in [-0.15, -0.1) is 0 Å². The summed E-state index contributed by atoms with van der Waals surface area (Å²) in [6, 6.07) is 11.3. The van der Waals surface area contributed by atoms with Gasteiger partial charge in [0.05, 0.1) is 19.3 Å². The molecule has 0 unspecified atom stereocenters. The SMILES string of the molecule is Cc1ccc([C@@H](CNC(=O)c2ccc(Br)cc2)N2CCOCC2)o1. The number of carbonyl (C=O) groups is 1. The number of halogens is 1. The average Bonchev–Trinajstić information content (AvgIpc) is 3.02. The normalized spacial score (nSPS) is 16.8. The van der Waals surface area contributed by atoms with Crippen LogP contribution in [0.15, 0.2) is 45.3 Å². The molecular formula is C18H21BrN2O3. The lowest BCUT2D eigenvalue weighted by Gasteiger charge is -2.33. The number of nitrogens with one attached hydrogen (secondary N) is 1. The van der Waals surface area contributed by atoms with Crippen LogP contribution in [-0.2, 0) is 4.74 Å². The number of morpholine rings is 1. The van der Waals surface area contributed by atoms with E-state index in [1.54, 1.807) is 12.1 Å². The molecule has 0 aliphatic carbocycles. The van der Waals surface area contributed by atoms with Crippen molar-refractivity contribution < 1.29 is 13.9 Å². The summed E-state index contributed by atoms with van der Waals surface area (Å²) < 4.78 is 12.2. The number of ether oxygens (including phenoxy) is 1. The van der Waals surface area contributed by atoms with Crippen molar-refractivity contribution in [2.75, 3.05) is 32.8 Å². The molecule has 1 amide bonds.